The number of hydrogen-bond acceptors (Lipinski definition) is 5. The molecule has 1 rings (SSSR count). The number of rotatable bonds is 5. The molecule has 0 saturated heterocycles. The highest BCUT2D eigenvalue weighted by Gasteiger charge is 2.10. The number of benzene rings is 1. The number of carboxylic acids is 2. The predicted molar refractivity (Wildman–Crippen MR) is 68.5 cm³/mol. The number of aliphatic hydroxyl groups excluding tert-OH is 1. The third-order valence-electron chi connectivity index (χ3n) is 2.13. The van der Waals surface area contributed by atoms with Crippen LogP contribution in [0, 0.1) is 0 Å². The molecule has 0 heterocycles. The lowest BCUT2D eigenvalue weighted by Crippen LogP contribution is -2.33. The molecular formula is C12H18N2O5. The standard InChI is InChI=1S/C9H11NO2.C3H7NO3/c10-8(9(11)12)6-7-4-2-1-3-5-7;4-2(1-5)3(6)7/h1-5,8H,6,10H2,(H,11,12);2,5H,1,4H2,(H,6,7). The van der Waals surface area contributed by atoms with Crippen LogP contribution in [0.15, 0.2) is 30.3 Å². The van der Waals surface area contributed by atoms with Crippen molar-refractivity contribution >= 4 is 11.9 Å². The number of carboxylic acid groups (broad SMARTS) is 2. The summed E-state index contributed by atoms with van der Waals surface area (Å²) in [4.78, 5) is 20.0. The maximum absolute atomic E-state index is 10.4. The third-order valence-corrected chi connectivity index (χ3v) is 2.13. The van der Waals surface area contributed by atoms with Crippen LogP contribution in [0.3, 0.4) is 0 Å². The van der Waals surface area contributed by atoms with Crippen LogP contribution in [0.4, 0.5) is 0 Å². The molecule has 1 aromatic carbocycles. The average molecular weight is 270 g/mol. The minimum atomic E-state index is -1.18. The first-order valence-electron chi connectivity index (χ1n) is 5.50. The molecule has 0 saturated carbocycles. The summed E-state index contributed by atoms with van der Waals surface area (Å²) >= 11 is 0. The van der Waals surface area contributed by atoms with Crippen molar-refractivity contribution in [2.45, 2.75) is 18.5 Å². The SMILES string of the molecule is NC(CO)C(=O)O.NC(Cc1ccccc1)C(=O)O. The smallest absolute Gasteiger partial charge is 0.322 e. The quantitative estimate of drug-likeness (QED) is 0.462. The zero-order chi connectivity index (χ0) is 14.8. The Morgan fingerprint density at radius 1 is 1.00 bits per heavy atom. The normalized spacial score (nSPS) is 12.8. The van der Waals surface area contributed by atoms with Gasteiger partial charge < -0.3 is 26.8 Å². The first-order valence-corrected chi connectivity index (χ1v) is 5.50. The Balaban J connectivity index is 0.000000399. The van der Waals surface area contributed by atoms with E-state index in [1.54, 1.807) is 0 Å². The highest BCUT2D eigenvalue weighted by atomic mass is 16.4. The van der Waals surface area contributed by atoms with Gasteiger partial charge in [0.25, 0.3) is 0 Å². The number of aliphatic carboxylic acids is 2. The van der Waals surface area contributed by atoms with Gasteiger partial charge in [-0.1, -0.05) is 30.3 Å². The van der Waals surface area contributed by atoms with Gasteiger partial charge >= 0.3 is 11.9 Å². The van der Waals surface area contributed by atoms with Crippen LogP contribution in [-0.2, 0) is 16.0 Å². The molecule has 106 valence electrons. The second kappa shape index (κ2) is 9.03. The average Bonchev–Trinajstić information content (AvgIpc) is 2.39. The molecule has 7 N–H and O–H groups in total. The van der Waals surface area contributed by atoms with Crippen molar-refractivity contribution in [1.82, 2.24) is 0 Å². The number of aliphatic hydroxyl groups is 1. The predicted octanol–water partition coefficient (Wildman–Crippen LogP) is -0.968. The van der Waals surface area contributed by atoms with Crippen LogP contribution in [0.2, 0.25) is 0 Å². The van der Waals surface area contributed by atoms with Crippen LogP contribution in [0.25, 0.3) is 0 Å². The van der Waals surface area contributed by atoms with Gasteiger partial charge in [-0.25, -0.2) is 0 Å². The van der Waals surface area contributed by atoms with E-state index in [9.17, 15) is 9.59 Å². The fourth-order valence-electron chi connectivity index (χ4n) is 1.03. The first kappa shape index (κ1) is 17.0. The van der Waals surface area contributed by atoms with Gasteiger partial charge in [-0.15, -0.1) is 0 Å². The minimum absolute atomic E-state index is 0.385. The molecule has 0 amide bonds. The lowest BCUT2D eigenvalue weighted by molar-refractivity contribution is -0.140. The van der Waals surface area contributed by atoms with Crippen molar-refractivity contribution in [1.29, 1.82) is 0 Å². The fourth-order valence-corrected chi connectivity index (χ4v) is 1.03. The summed E-state index contributed by atoms with van der Waals surface area (Å²) in [6.45, 7) is -0.505. The molecule has 19 heavy (non-hydrogen) atoms. The van der Waals surface area contributed by atoms with Crippen LogP contribution < -0.4 is 11.5 Å². The van der Waals surface area contributed by atoms with E-state index in [2.05, 4.69) is 0 Å². The van der Waals surface area contributed by atoms with Crippen molar-refractivity contribution < 1.29 is 24.9 Å². The Bertz CT molecular complexity index is 396. The molecule has 0 aliphatic rings. The zero-order valence-electron chi connectivity index (χ0n) is 10.3. The summed E-state index contributed by atoms with van der Waals surface area (Å²) in [5.41, 5.74) is 11.1. The summed E-state index contributed by atoms with van der Waals surface area (Å²) in [6, 6.07) is 7.42. The molecule has 7 nitrogen and oxygen atoms in total. The van der Waals surface area contributed by atoms with Crippen molar-refractivity contribution in [3.8, 4) is 0 Å². The van der Waals surface area contributed by atoms with Crippen LogP contribution >= 0.6 is 0 Å². The van der Waals surface area contributed by atoms with Gasteiger partial charge in [-0.2, -0.15) is 0 Å². The lowest BCUT2D eigenvalue weighted by Gasteiger charge is -2.04. The van der Waals surface area contributed by atoms with E-state index in [0.29, 0.717) is 6.42 Å². The Morgan fingerprint density at radius 2 is 1.47 bits per heavy atom. The van der Waals surface area contributed by atoms with Crippen molar-refractivity contribution in [3.05, 3.63) is 35.9 Å². The van der Waals surface area contributed by atoms with E-state index in [4.69, 9.17) is 26.8 Å². The second-order valence-corrected chi connectivity index (χ2v) is 3.76. The van der Waals surface area contributed by atoms with Crippen molar-refractivity contribution in [3.63, 3.8) is 0 Å². The third kappa shape index (κ3) is 7.87. The van der Waals surface area contributed by atoms with Crippen LogP contribution in [-0.4, -0.2) is 45.9 Å². The Kier molecular flexibility index (Phi) is 8.10. The Morgan fingerprint density at radius 3 is 1.79 bits per heavy atom. The molecule has 7 heteroatoms. The monoisotopic (exact) mass is 270 g/mol. The second-order valence-electron chi connectivity index (χ2n) is 3.76. The molecule has 0 fully saturated rings. The maximum Gasteiger partial charge on any atom is 0.322 e. The summed E-state index contributed by atoms with van der Waals surface area (Å²) in [7, 11) is 0. The van der Waals surface area contributed by atoms with E-state index < -0.39 is 30.6 Å². The highest BCUT2D eigenvalue weighted by molar-refractivity contribution is 5.73. The van der Waals surface area contributed by atoms with Gasteiger partial charge in [-0.3, -0.25) is 9.59 Å². The summed E-state index contributed by atoms with van der Waals surface area (Å²) < 4.78 is 0. The van der Waals surface area contributed by atoms with Gasteiger partial charge in [0.15, 0.2) is 0 Å². The zero-order valence-corrected chi connectivity index (χ0v) is 10.3. The van der Waals surface area contributed by atoms with E-state index >= 15 is 0 Å². The summed E-state index contributed by atoms with van der Waals surface area (Å²) in [5.74, 6) is -2.14. The van der Waals surface area contributed by atoms with Gasteiger partial charge in [0, 0.05) is 0 Å². The Labute approximate surface area is 110 Å². The number of nitrogens with two attached hydrogens (primary N) is 2. The summed E-state index contributed by atoms with van der Waals surface area (Å²) in [5, 5.41) is 24.4. The van der Waals surface area contributed by atoms with Crippen LogP contribution in [0.1, 0.15) is 5.56 Å². The van der Waals surface area contributed by atoms with E-state index in [0.717, 1.165) is 5.56 Å². The van der Waals surface area contributed by atoms with Gasteiger partial charge in [0.05, 0.1) is 6.61 Å². The molecular weight excluding hydrogens is 252 g/mol. The van der Waals surface area contributed by atoms with E-state index in [1.807, 2.05) is 30.3 Å². The van der Waals surface area contributed by atoms with E-state index in [1.165, 1.54) is 0 Å². The molecule has 0 aliphatic heterocycles. The number of hydrogen-bond donors (Lipinski definition) is 5. The van der Waals surface area contributed by atoms with Gasteiger partial charge in [0.1, 0.15) is 12.1 Å². The fraction of sp³-hybridized carbons (Fsp3) is 0.333. The molecule has 0 aromatic heterocycles. The Hall–Kier alpha value is -1.96. The van der Waals surface area contributed by atoms with Crippen LogP contribution in [0.5, 0.6) is 0 Å². The summed E-state index contributed by atoms with van der Waals surface area (Å²) in [6.07, 6.45) is 0.385. The topological polar surface area (TPSA) is 147 Å². The molecule has 0 radical (unpaired) electrons. The maximum atomic E-state index is 10.4. The largest absolute Gasteiger partial charge is 0.480 e. The van der Waals surface area contributed by atoms with Crippen molar-refractivity contribution in [2.24, 2.45) is 11.5 Å². The minimum Gasteiger partial charge on any atom is -0.480 e. The number of carbonyl (C=O) groups is 2. The molecule has 0 aliphatic carbocycles. The van der Waals surface area contributed by atoms with E-state index in [-0.39, 0.29) is 0 Å². The first-order chi connectivity index (χ1) is 8.88. The molecule has 0 bridgehead atoms. The van der Waals surface area contributed by atoms with Crippen molar-refractivity contribution in [2.75, 3.05) is 6.61 Å². The molecule has 1 aromatic rings. The molecule has 2 unspecified atom stereocenters. The highest BCUT2D eigenvalue weighted by Crippen LogP contribution is 2.01. The van der Waals surface area contributed by atoms with Gasteiger partial charge in [-0.05, 0) is 12.0 Å². The van der Waals surface area contributed by atoms with Gasteiger partial charge in [0.2, 0.25) is 0 Å². The molecule has 0 spiro atoms. The lowest BCUT2D eigenvalue weighted by atomic mass is 10.1. The molecule has 2 atom stereocenters.